The standard InChI is InChI=1S/C13H15F3N2O3/c1-7(3-2-4-19)17-12(20)13(21)18-11-6-9(15)8(14)5-10(11)16/h5-7,19H,2-4H2,1H3,(H,17,20)(H,18,21). The Balaban J connectivity index is 2.64. The molecule has 3 N–H and O–H groups in total. The predicted octanol–water partition coefficient (Wildman–Crippen LogP) is 1.32. The van der Waals surface area contributed by atoms with E-state index in [-0.39, 0.29) is 18.7 Å². The van der Waals surface area contributed by atoms with E-state index < -0.39 is 35.0 Å². The monoisotopic (exact) mass is 304 g/mol. The lowest BCUT2D eigenvalue weighted by atomic mass is 10.2. The number of carbonyl (C=O) groups is 2. The fraction of sp³-hybridized carbons (Fsp3) is 0.385. The van der Waals surface area contributed by atoms with E-state index in [1.807, 2.05) is 5.32 Å². The maximum Gasteiger partial charge on any atom is 0.313 e. The van der Waals surface area contributed by atoms with E-state index in [9.17, 15) is 22.8 Å². The molecule has 0 bridgehead atoms. The van der Waals surface area contributed by atoms with Crippen LogP contribution in [0.15, 0.2) is 12.1 Å². The highest BCUT2D eigenvalue weighted by atomic mass is 19.2. The fourth-order valence-corrected chi connectivity index (χ4v) is 1.56. The van der Waals surface area contributed by atoms with Gasteiger partial charge in [-0.05, 0) is 19.8 Å². The first-order chi connectivity index (χ1) is 9.85. The summed E-state index contributed by atoms with van der Waals surface area (Å²) in [5.41, 5.74) is -0.628. The molecule has 0 saturated heterocycles. The van der Waals surface area contributed by atoms with Crippen LogP contribution < -0.4 is 10.6 Å². The Labute approximate surface area is 119 Å². The Morgan fingerprint density at radius 1 is 1.14 bits per heavy atom. The summed E-state index contributed by atoms with van der Waals surface area (Å²) in [7, 11) is 0. The third-order valence-corrected chi connectivity index (χ3v) is 2.64. The zero-order chi connectivity index (χ0) is 16.0. The lowest BCUT2D eigenvalue weighted by molar-refractivity contribution is -0.136. The second-order valence-corrected chi connectivity index (χ2v) is 4.44. The van der Waals surface area contributed by atoms with Crippen molar-refractivity contribution in [2.75, 3.05) is 11.9 Å². The first-order valence-electron chi connectivity index (χ1n) is 6.22. The first-order valence-corrected chi connectivity index (χ1v) is 6.22. The largest absolute Gasteiger partial charge is 0.396 e. The number of rotatable bonds is 5. The normalized spacial score (nSPS) is 11.9. The lowest BCUT2D eigenvalue weighted by Gasteiger charge is -2.13. The number of hydrogen-bond acceptors (Lipinski definition) is 3. The van der Waals surface area contributed by atoms with Crippen molar-refractivity contribution in [3.8, 4) is 0 Å². The van der Waals surface area contributed by atoms with Crippen LogP contribution in [-0.2, 0) is 9.59 Å². The van der Waals surface area contributed by atoms with Crippen LogP contribution in [0.5, 0.6) is 0 Å². The summed E-state index contributed by atoms with van der Waals surface area (Å²) in [4.78, 5) is 23.0. The van der Waals surface area contributed by atoms with Crippen LogP contribution in [0.4, 0.5) is 18.9 Å². The van der Waals surface area contributed by atoms with Gasteiger partial charge in [0.2, 0.25) is 0 Å². The van der Waals surface area contributed by atoms with E-state index in [0.717, 1.165) is 0 Å². The number of carbonyl (C=O) groups excluding carboxylic acids is 2. The molecule has 2 amide bonds. The molecule has 5 nitrogen and oxygen atoms in total. The Bertz CT molecular complexity index is 538. The third-order valence-electron chi connectivity index (χ3n) is 2.64. The van der Waals surface area contributed by atoms with Gasteiger partial charge in [0.25, 0.3) is 0 Å². The van der Waals surface area contributed by atoms with Crippen LogP contribution in [0.2, 0.25) is 0 Å². The van der Waals surface area contributed by atoms with Gasteiger partial charge in [-0.2, -0.15) is 0 Å². The quantitative estimate of drug-likeness (QED) is 0.567. The molecule has 0 aliphatic rings. The number of aliphatic hydroxyl groups is 1. The first kappa shape index (κ1) is 17.0. The van der Waals surface area contributed by atoms with Crippen molar-refractivity contribution in [3.63, 3.8) is 0 Å². The molecule has 1 unspecified atom stereocenters. The molecular formula is C13H15F3N2O3. The zero-order valence-electron chi connectivity index (χ0n) is 11.3. The van der Waals surface area contributed by atoms with Crippen molar-refractivity contribution < 1.29 is 27.9 Å². The van der Waals surface area contributed by atoms with Gasteiger partial charge in [-0.15, -0.1) is 0 Å². The summed E-state index contributed by atoms with van der Waals surface area (Å²) < 4.78 is 39.0. The third kappa shape index (κ3) is 5.07. The van der Waals surface area contributed by atoms with E-state index in [1.54, 1.807) is 6.92 Å². The second-order valence-electron chi connectivity index (χ2n) is 4.44. The maximum absolute atomic E-state index is 13.3. The molecule has 0 heterocycles. The molecular weight excluding hydrogens is 289 g/mol. The molecule has 8 heteroatoms. The number of anilines is 1. The van der Waals surface area contributed by atoms with Crippen LogP contribution in [0, 0.1) is 17.5 Å². The van der Waals surface area contributed by atoms with Gasteiger partial charge in [-0.3, -0.25) is 9.59 Å². The molecule has 1 rings (SSSR count). The minimum Gasteiger partial charge on any atom is -0.396 e. The second kappa shape index (κ2) is 7.63. The van der Waals surface area contributed by atoms with Gasteiger partial charge in [0, 0.05) is 24.8 Å². The molecule has 0 spiro atoms. The summed E-state index contributed by atoms with van der Waals surface area (Å²) in [5, 5.41) is 12.8. The molecule has 1 aromatic carbocycles. The fourth-order valence-electron chi connectivity index (χ4n) is 1.56. The van der Waals surface area contributed by atoms with Gasteiger partial charge in [-0.25, -0.2) is 13.2 Å². The summed E-state index contributed by atoms with van der Waals surface area (Å²) in [6.45, 7) is 1.57. The number of amides is 2. The van der Waals surface area contributed by atoms with Crippen molar-refractivity contribution in [2.24, 2.45) is 0 Å². The van der Waals surface area contributed by atoms with Crippen molar-refractivity contribution >= 4 is 17.5 Å². The van der Waals surface area contributed by atoms with Crippen molar-refractivity contribution in [3.05, 3.63) is 29.6 Å². The number of hydrogen-bond donors (Lipinski definition) is 3. The average molecular weight is 304 g/mol. The topological polar surface area (TPSA) is 78.4 Å². The molecule has 116 valence electrons. The van der Waals surface area contributed by atoms with E-state index in [1.165, 1.54) is 0 Å². The molecule has 1 aromatic rings. The molecule has 1 atom stereocenters. The van der Waals surface area contributed by atoms with Crippen LogP contribution >= 0.6 is 0 Å². The average Bonchev–Trinajstić information content (AvgIpc) is 2.42. The minimum absolute atomic E-state index is 0.0491. The van der Waals surface area contributed by atoms with Gasteiger partial charge >= 0.3 is 11.8 Å². The SMILES string of the molecule is CC(CCCO)NC(=O)C(=O)Nc1cc(F)c(F)cc1F. The van der Waals surface area contributed by atoms with Gasteiger partial charge in [-0.1, -0.05) is 0 Å². The van der Waals surface area contributed by atoms with E-state index in [4.69, 9.17) is 5.11 Å². The number of nitrogens with one attached hydrogen (secondary N) is 2. The molecule has 0 saturated carbocycles. The summed E-state index contributed by atoms with van der Waals surface area (Å²) >= 11 is 0. The number of halogens is 3. The van der Waals surface area contributed by atoms with Crippen molar-refractivity contribution in [1.29, 1.82) is 0 Å². The Hall–Kier alpha value is -2.09. The molecule has 0 aliphatic heterocycles. The van der Waals surface area contributed by atoms with Gasteiger partial charge in [0.05, 0.1) is 5.69 Å². The summed E-state index contributed by atoms with van der Waals surface area (Å²) in [6, 6.07) is 0.350. The van der Waals surface area contributed by atoms with E-state index >= 15 is 0 Å². The number of aliphatic hydroxyl groups excluding tert-OH is 1. The predicted molar refractivity (Wildman–Crippen MR) is 68.9 cm³/mol. The van der Waals surface area contributed by atoms with Crippen molar-refractivity contribution in [2.45, 2.75) is 25.8 Å². The highest BCUT2D eigenvalue weighted by molar-refractivity contribution is 6.39. The van der Waals surface area contributed by atoms with Gasteiger partial charge < -0.3 is 15.7 Å². The minimum atomic E-state index is -1.40. The Morgan fingerprint density at radius 3 is 2.38 bits per heavy atom. The molecule has 0 fully saturated rings. The van der Waals surface area contributed by atoms with Crippen molar-refractivity contribution in [1.82, 2.24) is 5.32 Å². The molecule has 0 radical (unpaired) electrons. The van der Waals surface area contributed by atoms with Crippen LogP contribution in [0.25, 0.3) is 0 Å². The Kier molecular flexibility index (Phi) is 6.16. The van der Waals surface area contributed by atoms with Crippen LogP contribution in [-0.4, -0.2) is 29.6 Å². The summed E-state index contributed by atoms with van der Waals surface area (Å²) in [6.07, 6.45) is 0.899. The number of benzene rings is 1. The summed E-state index contributed by atoms with van der Waals surface area (Å²) in [5.74, 6) is -6.17. The molecule has 0 aromatic heterocycles. The van der Waals surface area contributed by atoms with Crippen LogP contribution in [0.1, 0.15) is 19.8 Å². The smallest absolute Gasteiger partial charge is 0.313 e. The van der Waals surface area contributed by atoms with Gasteiger partial charge in [0.1, 0.15) is 5.82 Å². The molecule has 0 aliphatic carbocycles. The van der Waals surface area contributed by atoms with Gasteiger partial charge in [0.15, 0.2) is 11.6 Å². The van der Waals surface area contributed by atoms with E-state index in [0.29, 0.717) is 18.9 Å². The maximum atomic E-state index is 13.3. The van der Waals surface area contributed by atoms with Crippen LogP contribution in [0.3, 0.4) is 0 Å². The molecule has 21 heavy (non-hydrogen) atoms. The zero-order valence-corrected chi connectivity index (χ0v) is 11.3. The Morgan fingerprint density at radius 2 is 1.76 bits per heavy atom. The lowest BCUT2D eigenvalue weighted by Crippen LogP contribution is -2.40. The van der Waals surface area contributed by atoms with E-state index in [2.05, 4.69) is 5.32 Å². The highest BCUT2D eigenvalue weighted by Crippen LogP contribution is 2.18. The highest BCUT2D eigenvalue weighted by Gasteiger charge is 2.19.